The van der Waals surface area contributed by atoms with Crippen LogP contribution >= 0.6 is 0 Å². The van der Waals surface area contributed by atoms with Gasteiger partial charge in [0.15, 0.2) is 6.29 Å². The second-order valence-electron chi connectivity index (χ2n) is 11.9. The Balaban J connectivity index is 1.93. The lowest BCUT2D eigenvalue weighted by Crippen LogP contribution is -2.69. The van der Waals surface area contributed by atoms with Gasteiger partial charge >= 0.3 is 16.4 Å². The molecule has 21 nitrogen and oxygen atoms in total. The largest absolute Gasteiger partial charge is 0.477 e. The molecule has 2 amide bonds. The summed E-state index contributed by atoms with van der Waals surface area (Å²) in [5, 5.41) is 78.3. The molecule has 48 heavy (non-hydrogen) atoms. The highest BCUT2D eigenvalue weighted by molar-refractivity contribution is 7.80. The van der Waals surface area contributed by atoms with Gasteiger partial charge in [-0.15, -0.1) is 0 Å². The average molecular weight is 720 g/mol. The van der Waals surface area contributed by atoms with Crippen molar-refractivity contribution in [1.82, 2.24) is 10.6 Å². The summed E-state index contributed by atoms with van der Waals surface area (Å²) in [6, 6.07) is -1.49. The number of amides is 2. The van der Waals surface area contributed by atoms with Gasteiger partial charge in [-0.3, -0.25) is 14.1 Å². The number of rotatable bonds is 15. The number of carboxylic acids is 1. The summed E-state index contributed by atoms with van der Waals surface area (Å²) in [5.74, 6) is -6.58. The predicted octanol–water partition coefficient (Wildman–Crippen LogP) is -5.21. The third-order valence-electron chi connectivity index (χ3n) is 8.18. The smallest absolute Gasteiger partial charge is 0.399 e. The molecule has 22 heteroatoms. The van der Waals surface area contributed by atoms with Crippen LogP contribution in [0.15, 0.2) is 0 Å². The summed E-state index contributed by atoms with van der Waals surface area (Å²) in [6.45, 7) is 0.662. The zero-order valence-corrected chi connectivity index (χ0v) is 26.8. The van der Waals surface area contributed by atoms with Crippen LogP contribution in [0.1, 0.15) is 45.4 Å². The number of carbonyl (C=O) groups excluding carboxylic acids is 2. The number of carboxylic acid groups (broad SMARTS) is 1. The number of hydrogen-bond donors (Lipinski definition) is 11. The van der Waals surface area contributed by atoms with Gasteiger partial charge in [-0.05, 0) is 19.3 Å². The minimum Gasteiger partial charge on any atom is -0.477 e. The molecule has 3 rings (SSSR count). The second kappa shape index (κ2) is 17.2. The summed E-state index contributed by atoms with van der Waals surface area (Å²) in [5.41, 5.74) is 5.43. The van der Waals surface area contributed by atoms with E-state index in [4.69, 9.17) is 24.7 Å². The molecule has 3 fully saturated rings. The van der Waals surface area contributed by atoms with E-state index in [1.807, 2.05) is 0 Å². The van der Waals surface area contributed by atoms with Crippen LogP contribution in [0.2, 0.25) is 0 Å². The Morgan fingerprint density at radius 3 is 2.35 bits per heavy atom. The number of carbonyl (C=O) groups is 3. The van der Waals surface area contributed by atoms with Crippen LogP contribution in [0.25, 0.3) is 0 Å². The van der Waals surface area contributed by atoms with E-state index in [2.05, 4.69) is 14.8 Å². The number of aliphatic carboxylic acids is 1. The molecule has 278 valence electrons. The van der Waals surface area contributed by atoms with Gasteiger partial charge in [0.1, 0.15) is 24.4 Å². The van der Waals surface area contributed by atoms with Crippen LogP contribution < -0.4 is 16.4 Å². The van der Waals surface area contributed by atoms with Crippen molar-refractivity contribution in [2.45, 2.75) is 119 Å². The van der Waals surface area contributed by atoms with E-state index in [1.165, 1.54) is 0 Å². The summed E-state index contributed by atoms with van der Waals surface area (Å²) >= 11 is 0. The molecule has 0 aromatic rings. The van der Waals surface area contributed by atoms with Crippen molar-refractivity contribution in [3.8, 4) is 0 Å². The van der Waals surface area contributed by atoms with E-state index in [-0.39, 0.29) is 25.4 Å². The average Bonchev–Trinajstić information content (AvgIpc) is 3.00. The van der Waals surface area contributed by atoms with Gasteiger partial charge in [0.25, 0.3) is 5.79 Å². The third kappa shape index (κ3) is 10.4. The lowest BCUT2D eigenvalue weighted by Gasteiger charge is -2.49. The van der Waals surface area contributed by atoms with Crippen LogP contribution in [0, 0.1) is 5.92 Å². The van der Waals surface area contributed by atoms with Gasteiger partial charge in [0.2, 0.25) is 18.1 Å². The maximum absolute atomic E-state index is 12.7. The second-order valence-corrected chi connectivity index (χ2v) is 13.0. The monoisotopic (exact) mass is 719 g/mol. The predicted molar refractivity (Wildman–Crippen MR) is 154 cm³/mol. The highest BCUT2D eigenvalue weighted by atomic mass is 32.3. The molecular formula is C26H45N3O18S. The molecular weight excluding hydrogens is 674 g/mol. The topological polar surface area (TPSA) is 343 Å². The Hall–Kier alpha value is -2.16. The first kappa shape index (κ1) is 40.3. The van der Waals surface area contributed by atoms with Crippen LogP contribution in [-0.4, -0.2) is 159 Å². The van der Waals surface area contributed by atoms with E-state index in [9.17, 15) is 63.1 Å². The number of aliphatic hydroxyl groups excluding tert-OH is 6. The molecule has 1 unspecified atom stereocenters. The molecule has 3 aliphatic rings. The van der Waals surface area contributed by atoms with Crippen molar-refractivity contribution in [3.63, 3.8) is 0 Å². The minimum atomic E-state index is -5.36. The molecule has 2 aliphatic heterocycles. The quantitative estimate of drug-likeness (QED) is 0.0704. The van der Waals surface area contributed by atoms with Crippen LogP contribution in [0.5, 0.6) is 0 Å². The molecule has 0 bridgehead atoms. The summed E-state index contributed by atoms with van der Waals surface area (Å²) in [6.07, 6.45) is -19.1. The van der Waals surface area contributed by atoms with Crippen molar-refractivity contribution in [2.75, 3.05) is 19.7 Å². The summed E-state index contributed by atoms with van der Waals surface area (Å²) < 4.78 is 59.2. The standard InChI is InChI=1S/C26H45N3O18S/c1-11(31)29-17-16(34)9-26(25(38)39,45-20(17)15(33)8-13(32)10-30)46-21-18(35)23(44-24(19(21)36)47-48(40,41)42)43-14-4-2-3-12(7-14)22(37)28-6-5-27/h12-21,23-24,30,32-36H,2-10,27H2,1H3,(H,28,37)(H,29,31)(H,38,39)(H,40,41,42)/t12-,13+,14+,15-,16+,17-,18-,19-,20?,21-,23-,24-,26+/m1/s1. The fourth-order valence-corrected chi connectivity index (χ4v) is 6.36. The lowest BCUT2D eigenvalue weighted by atomic mass is 9.86. The van der Waals surface area contributed by atoms with Gasteiger partial charge in [-0.25, -0.2) is 8.98 Å². The number of ether oxygens (including phenoxy) is 4. The van der Waals surface area contributed by atoms with E-state index < -0.39 is 121 Å². The van der Waals surface area contributed by atoms with E-state index >= 15 is 0 Å². The van der Waals surface area contributed by atoms with Crippen molar-refractivity contribution >= 4 is 28.2 Å². The molecule has 0 spiro atoms. The zero-order chi connectivity index (χ0) is 36.0. The van der Waals surface area contributed by atoms with Gasteiger partial charge in [-0.2, -0.15) is 8.42 Å². The van der Waals surface area contributed by atoms with Crippen molar-refractivity contribution in [3.05, 3.63) is 0 Å². The summed E-state index contributed by atoms with van der Waals surface area (Å²) in [4.78, 5) is 37.1. The van der Waals surface area contributed by atoms with Crippen molar-refractivity contribution < 1.29 is 86.2 Å². The highest BCUT2D eigenvalue weighted by Crippen LogP contribution is 2.39. The highest BCUT2D eigenvalue weighted by Gasteiger charge is 2.59. The minimum absolute atomic E-state index is 0.110. The molecule has 1 aliphatic carbocycles. The number of hydrogen-bond acceptors (Lipinski definition) is 17. The van der Waals surface area contributed by atoms with E-state index in [0.717, 1.165) is 6.92 Å². The maximum atomic E-state index is 12.7. The molecule has 13 atom stereocenters. The van der Waals surface area contributed by atoms with Crippen LogP contribution in [-0.2, 0) is 47.9 Å². The Labute approximate surface area is 275 Å². The fraction of sp³-hybridized carbons (Fsp3) is 0.885. The first-order valence-electron chi connectivity index (χ1n) is 15.2. The SMILES string of the molecule is CC(=O)N[C@H]1C([C@H](O)C[C@H](O)CO)O[C@@](O[C@@H]2[C@@H](O)[C@H](O[C@H]3CCC[C@@H](C(=O)NCCN)C3)O[C@H](OS(=O)(=O)O)[C@@H]2O)(C(=O)O)C[C@@H]1O. The number of nitrogens with one attached hydrogen (secondary N) is 2. The zero-order valence-electron chi connectivity index (χ0n) is 25.9. The maximum Gasteiger partial charge on any atom is 0.399 e. The van der Waals surface area contributed by atoms with E-state index in [0.29, 0.717) is 19.3 Å². The van der Waals surface area contributed by atoms with Crippen molar-refractivity contribution in [1.29, 1.82) is 0 Å². The van der Waals surface area contributed by atoms with Gasteiger partial charge in [0, 0.05) is 38.8 Å². The number of aliphatic hydroxyl groups is 6. The van der Waals surface area contributed by atoms with Gasteiger partial charge in [-0.1, -0.05) is 6.42 Å². The Bertz CT molecular complexity index is 1210. The van der Waals surface area contributed by atoms with Crippen LogP contribution in [0.3, 0.4) is 0 Å². The molecule has 12 N–H and O–H groups in total. The van der Waals surface area contributed by atoms with Crippen LogP contribution in [0.4, 0.5) is 0 Å². The molecule has 0 aromatic carbocycles. The first-order valence-corrected chi connectivity index (χ1v) is 16.6. The lowest BCUT2D eigenvalue weighted by molar-refractivity contribution is -0.386. The van der Waals surface area contributed by atoms with Gasteiger partial charge < -0.3 is 71.1 Å². The van der Waals surface area contributed by atoms with E-state index in [1.54, 1.807) is 0 Å². The third-order valence-corrected chi connectivity index (χ3v) is 8.61. The first-order chi connectivity index (χ1) is 22.4. The van der Waals surface area contributed by atoms with Gasteiger partial charge in [0.05, 0.1) is 37.1 Å². The Morgan fingerprint density at radius 2 is 1.77 bits per heavy atom. The molecule has 2 saturated heterocycles. The normalized spacial score (nSPS) is 37.3. The molecule has 0 radical (unpaired) electrons. The molecule has 2 heterocycles. The molecule has 1 saturated carbocycles. The molecule has 0 aromatic heterocycles. The Kier molecular flexibility index (Phi) is 14.4. The summed E-state index contributed by atoms with van der Waals surface area (Å²) in [7, 11) is -5.36. The number of nitrogens with two attached hydrogens (primary N) is 1. The van der Waals surface area contributed by atoms with Crippen molar-refractivity contribution in [2.24, 2.45) is 11.7 Å². The Morgan fingerprint density at radius 1 is 1.10 bits per heavy atom. The fourth-order valence-electron chi connectivity index (χ4n) is 5.96.